The highest BCUT2D eigenvalue weighted by atomic mass is 15.0. The van der Waals surface area contributed by atoms with E-state index in [1.165, 1.54) is 33.0 Å². The van der Waals surface area contributed by atoms with Crippen molar-refractivity contribution in [1.29, 1.82) is 0 Å². The standard InChI is InChI=1S/C58H41N3/c1-58(2)53-28-27-44(36-51(53)52-35-42-25-15-16-26-43(42)37-54(52)58)55-59-56(49-31-45(38-17-7-3-8-18-38)29-46(32-49)39-19-9-4-10-20-39)61-57(60-55)50-33-47(40-21-11-5-12-22-40)30-48(34-50)41-23-13-6-14-24-41/h3-37H,1-2H3. The molecular formula is C58H41N3. The predicted molar refractivity (Wildman–Crippen MR) is 253 cm³/mol. The minimum absolute atomic E-state index is 0.153. The molecule has 0 fully saturated rings. The number of aromatic nitrogens is 3. The summed E-state index contributed by atoms with van der Waals surface area (Å²) < 4.78 is 0. The molecule has 288 valence electrons. The third-order valence-electron chi connectivity index (χ3n) is 12.2. The number of fused-ring (bicyclic) bond motifs is 4. The Labute approximate surface area is 356 Å². The summed E-state index contributed by atoms with van der Waals surface area (Å²) in [6, 6.07) is 75.7. The van der Waals surface area contributed by atoms with Crippen molar-refractivity contribution in [2.24, 2.45) is 0 Å². The lowest BCUT2D eigenvalue weighted by Crippen LogP contribution is -2.14. The first kappa shape index (κ1) is 36.3. The molecule has 0 atom stereocenters. The molecule has 3 nitrogen and oxygen atoms in total. The van der Waals surface area contributed by atoms with Gasteiger partial charge in [0.05, 0.1) is 0 Å². The van der Waals surface area contributed by atoms with Crippen LogP contribution in [-0.4, -0.2) is 15.0 Å². The molecule has 10 aromatic rings. The fourth-order valence-electron chi connectivity index (χ4n) is 9.04. The van der Waals surface area contributed by atoms with Crippen LogP contribution in [0.25, 0.3) is 101 Å². The summed E-state index contributed by atoms with van der Waals surface area (Å²) in [5, 5.41) is 2.49. The van der Waals surface area contributed by atoms with Gasteiger partial charge in [-0.15, -0.1) is 0 Å². The summed E-state index contributed by atoms with van der Waals surface area (Å²) in [7, 11) is 0. The average molecular weight is 780 g/mol. The van der Waals surface area contributed by atoms with Gasteiger partial charge >= 0.3 is 0 Å². The molecule has 1 heterocycles. The largest absolute Gasteiger partial charge is 0.208 e. The molecule has 1 aliphatic rings. The Hall–Kier alpha value is -7.75. The second kappa shape index (κ2) is 14.8. The predicted octanol–water partition coefficient (Wildman–Crippen LogP) is 15.0. The Morgan fingerprint density at radius 3 is 1.03 bits per heavy atom. The number of hydrogen-bond donors (Lipinski definition) is 0. The maximum Gasteiger partial charge on any atom is 0.164 e. The number of benzene rings is 9. The van der Waals surface area contributed by atoms with Gasteiger partial charge in [0, 0.05) is 22.1 Å². The van der Waals surface area contributed by atoms with E-state index in [1.54, 1.807) is 0 Å². The molecule has 0 unspecified atom stereocenters. The molecule has 1 aromatic heterocycles. The molecule has 61 heavy (non-hydrogen) atoms. The molecule has 0 N–H and O–H groups in total. The Kier molecular flexibility index (Phi) is 8.82. The first-order valence-electron chi connectivity index (χ1n) is 20.9. The quantitative estimate of drug-likeness (QED) is 0.162. The smallest absolute Gasteiger partial charge is 0.164 e. The first-order valence-corrected chi connectivity index (χ1v) is 20.9. The lowest BCUT2D eigenvalue weighted by molar-refractivity contribution is 0.661. The fourth-order valence-corrected chi connectivity index (χ4v) is 9.04. The molecule has 3 heteroatoms. The molecule has 0 saturated heterocycles. The fraction of sp³-hybridized carbons (Fsp3) is 0.0517. The number of nitrogens with zero attached hydrogens (tertiary/aromatic N) is 3. The lowest BCUT2D eigenvalue weighted by atomic mass is 9.82. The van der Waals surface area contributed by atoms with Crippen molar-refractivity contribution in [3.05, 3.63) is 223 Å². The van der Waals surface area contributed by atoms with Crippen LogP contribution in [0.15, 0.2) is 212 Å². The van der Waals surface area contributed by atoms with Crippen LogP contribution in [0.1, 0.15) is 25.0 Å². The molecule has 0 aliphatic heterocycles. The maximum atomic E-state index is 5.38. The van der Waals surface area contributed by atoms with E-state index in [0.717, 1.165) is 61.2 Å². The van der Waals surface area contributed by atoms with E-state index in [9.17, 15) is 0 Å². The molecule has 0 saturated carbocycles. The summed E-state index contributed by atoms with van der Waals surface area (Å²) >= 11 is 0. The Bertz CT molecular complexity index is 2990. The minimum atomic E-state index is -0.153. The van der Waals surface area contributed by atoms with E-state index in [-0.39, 0.29) is 5.41 Å². The summed E-state index contributed by atoms with van der Waals surface area (Å²) in [5.41, 5.74) is 16.7. The SMILES string of the molecule is CC1(C)c2ccc(-c3nc(-c4cc(-c5ccccc5)cc(-c5ccccc5)c4)nc(-c4cc(-c5ccccc5)cc(-c5ccccc5)c4)n3)cc2-c2cc3ccccc3cc21. The van der Waals surface area contributed by atoms with Crippen LogP contribution in [0.5, 0.6) is 0 Å². The zero-order chi connectivity index (χ0) is 40.9. The summed E-state index contributed by atoms with van der Waals surface area (Å²) in [4.78, 5) is 16.1. The van der Waals surface area contributed by atoms with E-state index < -0.39 is 0 Å². The molecule has 9 aromatic carbocycles. The first-order chi connectivity index (χ1) is 29.9. The van der Waals surface area contributed by atoms with E-state index >= 15 is 0 Å². The van der Waals surface area contributed by atoms with E-state index in [2.05, 4.69) is 226 Å². The third-order valence-corrected chi connectivity index (χ3v) is 12.2. The number of hydrogen-bond acceptors (Lipinski definition) is 3. The zero-order valence-corrected chi connectivity index (χ0v) is 34.0. The summed E-state index contributed by atoms with van der Waals surface area (Å²) in [5.74, 6) is 1.87. The van der Waals surface area contributed by atoms with Crippen molar-refractivity contribution in [3.8, 4) is 89.8 Å². The van der Waals surface area contributed by atoms with Crippen LogP contribution in [0.4, 0.5) is 0 Å². The molecule has 0 radical (unpaired) electrons. The second-order valence-corrected chi connectivity index (χ2v) is 16.5. The van der Waals surface area contributed by atoms with Crippen LogP contribution in [-0.2, 0) is 5.41 Å². The van der Waals surface area contributed by atoms with Gasteiger partial charge in [-0.05, 0) is 132 Å². The van der Waals surface area contributed by atoms with Crippen molar-refractivity contribution in [3.63, 3.8) is 0 Å². The van der Waals surface area contributed by atoms with Crippen molar-refractivity contribution >= 4 is 10.8 Å². The molecule has 1 aliphatic carbocycles. The van der Waals surface area contributed by atoms with Crippen molar-refractivity contribution in [2.45, 2.75) is 19.3 Å². The van der Waals surface area contributed by atoms with Gasteiger partial charge in [-0.2, -0.15) is 0 Å². The van der Waals surface area contributed by atoms with Gasteiger partial charge in [0.25, 0.3) is 0 Å². The van der Waals surface area contributed by atoms with Gasteiger partial charge < -0.3 is 0 Å². The lowest BCUT2D eigenvalue weighted by Gasteiger charge is -2.22. The maximum absolute atomic E-state index is 5.38. The molecule has 0 bridgehead atoms. The molecular weight excluding hydrogens is 739 g/mol. The number of rotatable bonds is 7. The summed E-state index contributed by atoms with van der Waals surface area (Å²) in [6.07, 6.45) is 0. The Morgan fingerprint density at radius 2 is 0.607 bits per heavy atom. The minimum Gasteiger partial charge on any atom is -0.208 e. The van der Waals surface area contributed by atoms with E-state index in [0.29, 0.717) is 17.5 Å². The Balaban J connectivity index is 1.15. The van der Waals surface area contributed by atoms with Gasteiger partial charge in [-0.1, -0.05) is 172 Å². The average Bonchev–Trinajstić information content (AvgIpc) is 3.55. The van der Waals surface area contributed by atoms with Gasteiger partial charge in [0.1, 0.15) is 0 Å². The molecule has 11 rings (SSSR count). The zero-order valence-electron chi connectivity index (χ0n) is 34.0. The van der Waals surface area contributed by atoms with Crippen LogP contribution in [0, 0.1) is 0 Å². The van der Waals surface area contributed by atoms with Gasteiger partial charge in [-0.3, -0.25) is 0 Å². The third kappa shape index (κ3) is 6.71. The van der Waals surface area contributed by atoms with E-state index in [1.807, 2.05) is 0 Å². The van der Waals surface area contributed by atoms with Crippen LogP contribution < -0.4 is 0 Å². The van der Waals surface area contributed by atoms with E-state index in [4.69, 9.17) is 15.0 Å². The van der Waals surface area contributed by atoms with Crippen LogP contribution >= 0.6 is 0 Å². The highest BCUT2D eigenvalue weighted by Crippen LogP contribution is 2.51. The van der Waals surface area contributed by atoms with Crippen LogP contribution in [0.3, 0.4) is 0 Å². The van der Waals surface area contributed by atoms with Crippen molar-refractivity contribution < 1.29 is 0 Å². The van der Waals surface area contributed by atoms with Gasteiger partial charge in [0.2, 0.25) is 0 Å². The monoisotopic (exact) mass is 779 g/mol. The second-order valence-electron chi connectivity index (χ2n) is 16.5. The summed E-state index contributed by atoms with van der Waals surface area (Å²) in [6.45, 7) is 4.67. The topological polar surface area (TPSA) is 38.7 Å². The molecule has 0 amide bonds. The van der Waals surface area contributed by atoms with Crippen molar-refractivity contribution in [1.82, 2.24) is 15.0 Å². The van der Waals surface area contributed by atoms with Crippen molar-refractivity contribution in [2.75, 3.05) is 0 Å². The highest BCUT2D eigenvalue weighted by molar-refractivity contribution is 5.94. The van der Waals surface area contributed by atoms with Crippen LogP contribution in [0.2, 0.25) is 0 Å². The van der Waals surface area contributed by atoms with Gasteiger partial charge in [-0.25, -0.2) is 15.0 Å². The van der Waals surface area contributed by atoms with Gasteiger partial charge in [0.15, 0.2) is 17.5 Å². The molecule has 0 spiro atoms. The highest BCUT2D eigenvalue weighted by Gasteiger charge is 2.36. The Morgan fingerprint density at radius 1 is 0.262 bits per heavy atom. The normalized spacial score (nSPS) is 12.6.